The predicted molar refractivity (Wildman–Crippen MR) is 74.0 cm³/mol. The zero-order valence-corrected chi connectivity index (χ0v) is 11.1. The molecule has 0 unspecified atom stereocenters. The molecule has 0 atom stereocenters. The van der Waals surface area contributed by atoms with Crippen LogP contribution in [0, 0.1) is 0 Å². The minimum Gasteiger partial charge on any atom is -0.349 e. The third-order valence-electron chi connectivity index (χ3n) is 3.30. The third kappa shape index (κ3) is 3.72. The zero-order chi connectivity index (χ0) is 11.7. The van der Waals surface area contributed by atoms with Crippen LogP contribution in [0.15, 0.2) is 24.3 Å². The second-order valence-corrected chi connectivity index (χ2v) is 5.10. The molecule has 2 aliphatic rings. The van der Waals surface area contributed by atoms with Crippen molar-refractivity contribution in [3.8, 4) is 0 Å². The normalized spacial score (nSPS) is 18.0. The van der Waals surface area contributed by atoms with E-state index < -0.39 is 0 Å². The fourth-order valence-corrected chi connectivity index (χ4v) is 1.82. The minimum absolute atomic E-state index is 0. The summed E-state index contributed by atoms with van der Waals surface area (Å²) in [6.45, 7) is 0.912. The lowest BCUT2D eigenvalue weighted by atomic mass is 10.1. The maximum atomic E-state index is 11.8. The lowest BCUT2D eigenvalue weighted by molar-refractivity contribution is 0.0951. The van der Waals surface area contributed by atoms with E-state index in [4.69, 9.17) is 0 Å². The van der Waals surface area contributed by atoms with Crippen LogP contribution in [0.3, 0.4) is 0 Å². The second kappa shape index (κ2) is 5.72. The third-order valence-corrected chi connectivity index (χ3v) is 3.30. The van der Waals surface area contributed by atoms with Crippen molar-refractivity contribution in [2.24, 2.45) is 0 Å². The van der Waals surface area contributed by atoms with Gasteiger partial charge in [0.1, 0.15) is 0 Å². The standard InChI is InChI=1S/C14H18N2O.ClH/c17-14(16-13-7-8-13)11-3-1-10(2-4-11)9-15-12-5-6-12;/h1-4,12-13,15H,5-9H2,(H,16,17);1H. The first-order chi connectivity index (χ1) is 8.31. The number of carbonyl (C=O) groups is 1. The van der Waals surface area contributed by atoms with Crippen LogP contribution in [0.4, 0.5) is 0 Å². The summed E-state index contributed by atoms with van der Waals surface area (Å²) in [7, 11) is 0. The number of rotatable bonds is 5. The van der Waals surface area contributed by atoms with Crippen LogP contribution in [-0.4, -0.2) is 18.0 Å². The van der Waals surface area contributed by atoms with Gasteiger partial charge < -0.3 is 10.6 Å². The molecule has 4 heteroatoms. The quantitative estimate of drug-likeness (QED) is 0.858. The van der Waals surface area contributed by atoms with Crippen LogP contribution in [0.2, 0.25) is 0 Å². The Balaban J connectivity index is 0.00000120. The van der Waals surface area contributed by atoms with Crippen molar-refractivity contribution in [2.45, 2.75) is 44.3 Å². The van der Waals surface area contributed by atoms with Gasteiger partial charge in [-0.1, -0.05) is 12.1 Å². The van der Waals surface area contributed by atoms with Crippen molar-refractivity contribution in [1.29, 1.82) is 0 Å². The summed E-state index contributed by atoms with van der Waals surface area (Å²) in [5.74, 6) is 0.0641. The number of halogens is 1. The molecule has 0 bridgehead atoms. The summed E-state index contributed by atoms with van der Waals surface area (Å²) in [5.41, 5.74) is 2.02. The van der Waals surface area contributed by atoms with Crippen LogP contribution >= 0.6 is 12.4 Å². The van der Waals surface area contributed by atoms with Crippen molar-refractivity contribution < 1.29 is 4.79 Å². The fraction of sp³-hybridized carbons (Fsp3) is 0.500. The second-order valence-electron chi connectivity index (χ2n) is 5.10. The Labute approximate surface area is 114 Å². The Bertz CT molecular complexity index is 410. The molecule has 0 aliphatic heterocycles. The lowest BCUT2D eigenvalue weighted by Crippen LogP contribution is -2.25. The molecule has 1 amide bonds. The van der Waals surface area contributed by atoms with Gasteiger partial charge in [-0.25, -0.2) is 0 Å². The molecule has 2 N–H and O–H groups in total. The first-order valence-corrected chi connectivity index (χ1v) is 6.44. The van der Waals surface area contributed by atoms with Crippen molar-refractivity contribution in [3.05, 3.63) is 35.4 Å². The Morgan fingerprint density at radius 2 is 1.67 bits per heavy atom. The summed E-state index contributed by atoms with van der Waals surface area (Å²) < 4.78 is 0. The highest BCUT2D eigenvalue weighted by molar-refractivity contribution is 5.94. The van der Waals surface area contributed by atoms with Gasteiger partial charge in [0.2, 0.25) is 0 Å². The summed E-state index contributed by atoms with van der Waals surface area (Å²) in [5, 5.41) is 6.46. The molecular weight excluding hydrogens is 248 g/mol. The van der Waals surface area contributed by atoms with E-state index in [-0.39, 0.29) is 18.3 Å². The van der Waals surface area contributed by atoms with Crippen molar-refractivity contribution in [3.63, 3.8) is 0 Å². The van der Waals surface area contributed by atoms with Gasteiger partial charge in [-0.15, -0.1) is 12.4 Å². The molecule has 18 heavy (non-hydrogen) atoms. The minimum atomic E-state index is 0. The van der Waals surface area contributed by atoms with Crippen LogP contribution in [-0.2, 0) is 6.54 Å². The monoisotopic (exact) mass is 266 g/mol. The maximum Gasteiger partial charge on any atom is 0.251 e. The van der Waals surface area contributed by atoms with E-state index in [1.807, 2.05) is 24.3 Å². The highest BCUT2D eigenvalue weighted by Gasteiger charge is 2.23. The van der Waals surface area contributed by atoms with Crippen LogP contribution in [0.1, 0.15) is 41.6 Å². The van der Waals surface area contributed by atoms with E-state index in [0.717, 1.165) is 31.0 Å². The van der Waals surface area contributed by atoms with Crippen molar-refractivity contribution >= 4 is 18.3 Å². The first-order valence-electron chi connectivity index (χ1n) is 6.44. The van der Waals surface area contributed by atoms with Crippen LogP contribution < -0.4 is 10.6 Å². The number of carbonyl (C=O) groups excluding carboxylic acids is 1. The summed E-state index contributed by atoms with van der Waals surface area (Å²) in [6, 6.07) is 9.07. The summed E-state index contributed by atoms with van der Waals surface area (Å²) in [6.07, 6.45) is 4.88. The fourth-order valence-electron chi connectivity index (χ4n) is 1.82. The molecule has 2 saturated carbocycles. The highest BCUT2D eigenvalue weighted by atomic mass is 35.5. The zero-order valence-electron chi connectivity index (χ0n) is 10.3. The van der Waals surface area contributed by atoms with Crippen LogP contribution in [0.5, 0.6) is 0 Å². The molecule has 0 spiro atoms. The first kappa shape index (κ1) is 13.4. The molecule has 0 heterocycles. The summed E-state index contributed by atoms with van der Waals surface area (Å²) in [4.78, 5) is 11.8. The molecular formula is C14H19ClN2O. The molecule has 0 radical (unpaired) electrons. The Morgan fingerprint density at radius 1 is 1.06 bits per heavy atom. The van der Waals surface area contributed by atoms with E-state index in [1.54, 1.807) is 0 Å². The molecule has 98 valence electrons. The number of hydrogen-bond donors (Lipinski definition) is 2. The SMILES string of the molecule is Cl.O=C(NC1CC1)c1ccc(CNC2CC2)cc1. The molecule has 0 aromatic heterocycles. The average Bonchev–Trinajstić information content (AvgIpc) is 3.22. The lowest BCUT2D eigenvalue weighted by Gasteiger charge is -2.06. The van der Waals surface area contributed by atoms with Crippen LogP contribution in [0.25, 0.3) is 0 Å². The van der Waals surface area contributed by atoms with E-state index in [9.17, 15) is 4.79 Å². The number of amides is 1. The number of hydrogen-bond acceptors (Lipinski definition) is 2. The molecule has 1 aromatic carbocycles. The van der Waals surface area contributed by atoms with Gasteiger partial charge in [-0.05, 0) is 43.4 Å². The Kier molecular flexibility index (Phi) is 4.25. The molecule has 2 aliphatic carbocycles. The Morgan fingerprint density at radius 3 is 2.22 bits per heavy atom. The molecule has 1 aromatic rings. The summed E-state index contributed by atoms with van der Waals surface area (Å²) >= 11 is 0. The maximum absolute atomic E-state index is 11.8. The van der Waals surface area contributed by atoms with E-state index in [1.165, 1.54) is 18.4 Å². The predicted octanol–water partition coefficient (Wildman–Crippen LogP) is 2.25. The van der Waals surface area contributed by atoms with Crippen molar-refractivity contribution in [1.82, 2.24) is 10.6 Å². The van der Waals surface area contributed by atoms with Gasteiger partial charge in [-0.3, -0.25) is 4.79 Å². The van der Waals surface area contributed by atoms with Crippen molar-refractivity contribution in [2.75, 3.05) is 0 Å². The van der Waals surface area contributed by atoms with E-state index in [2.05, 4.69) is 10.6 Å². The molecule has 3 nitrogen and oxygen atoms in total. The number of nitrogens with one attached hydrogen (secondary N) is 2. The van der Waals surface area contributed by atoms with Gasteiger partial charge in [0.05, 0.1) is 0 Å². The number of benzene rings is 1. The Hall–Kier alpha value is -1.06. The smallest absolute Gasteiger partial charge is 0.251 e. The van der Waals surface area contributed by atoms with Gasteiger partial charge in [0, 0.05) is 24.2 Å². The van der Waals surface area contributed by atoms with Gasteiger partial charge in [-0.2, -0.15) is 0 Å². The van der Waals surface area contributed by atoms with E-state index in [0.29, 0.717) is 6.04 Å². The van der Waals surface area contributed by atoms with Gasteiger partial charge in [0.25, 0.3) is 5.91 Å². The largest absolute Gasteiger partial charge is 0.349 e. The highest BCUT2D eigenvalue weighted by Crippen LogP contribution is 2.20. The molecule has 0 saturated heterocycles. The molecule has 2 fully saturated rings. The average molecular weight is 267 g/mol. The van der Waals surface area contributed by atoms with E-state index >= 15 is 0 Å². The van der Waals surface area contributed by atoms with Gasteiger partial charge >= 0.3 is 0 Å². The topological polar surface area (TPSA) is 41.1 Å². The van der Waals surface area contributed by atoms with Gasteiger partial charge in [0.15, 0.2) is 0 Å². The molecule has 3 rings (SSSR count).